The number of nitrogens with one attached hydrogen (secondary N) is 1. The van der Waals surface area contributed by atoms with Crippen molar-refractivity contribution in [2.75, 3.05) is 19.5 Å². The van der Waals surface area contributed by atoms with E-state index in [1.807, 2.05) is 6.92 Å². The van der Waals surface area contributed by atoms with E-state index < -0.39 is 12.7 Å². The lowest BCUT2D eigenvalue weighted by molar-refractivity contribution is -0.0512. The van der Waals surface area contributed by atoms with Gasteiger partial charge in [0.1, 0.15) is 0 Å². The van der Waals surface area contributed by atoms with Crippen LogP contribution >= 0.6 is 11.8 Å². The van der Waals surface area contributed by atoms with Gasteiger partial charge in [0, 0.05) is 11.3 Å². The van der Waals surface area contributed by atoms with Crippen molar-refractivity contribution in [2.24, 2.45) is 5.10 Å². The number of ether oxygens (including phenoxy) is 3. The van der Waals surface area contributed by atoms with Crippen LogP contribution in [0.2, 0.25) is 0 Å². The number of hydrogen-bond acceptors (Lipinski definition) is 7. The maximum absolute atomic E-state index is 12.8. The van der Waals surface area contributed by atoms with E-state index in [9.17, 15) is 18.4 Å². The summed E-state index contributed by atoms with van der Waals surface area (Å²) in [5.41, 5.74) is 2.47. The fourth-order valence-corrected chi connectivity index (χ4v) is 4.09. The van der Waals surface area contributed by atoms with Crippen LogP contribution in [0.25, 0.3) is 0 Å². The Morgan fingerprint density at radius 3 is 2.52 bits per heavy atom. The second-order valence-corrected chi connectivity index (χ2v) is 8.04. The molecule has 2 aromatic carbocycles. The molecule has 0 aliphatic carbocycles. The van der Waals surface area contributed by atoms with Crippen molar-refractivity contribution < 1.29 is 32.6 Å². The highest BCUT2D eigenvalue weighted by Gasteiger charge is 2.31. The number of rotatable bonds is 8. The Kier molecular flexibility index (Phi) is 8.10. The molecule has 3 rings (SSSR count). The van der Waals surface area contributed by atoms with Crippen molar-refractivity contribution in [3.05, 3.63) is 53.6 Å². The van der Waals surface area contributed by atoms with Crippen molar-refractivity contribution in [3.8, 4) is 11.5 Å². The van der Waals surface area contributed by atoms with Gasteiger partial charge in [0.05, 0.1) is 31.7 Å². The summed E-state index contributed by atoms with van der Waals surface area (Å²) in [4.78, 5) is 24.0. The van der Waals surface area contributed by atoms with Crippen LogP contribution in [0.4, 0.5) is 24.1 Å². The van der Waals surface area contributed by atoms with Gasteiger partial charge in [-0.2, -0.15) is 13.9 Å². The van der Waals surface area contributed by atoms with Crippen LogP contribution in [-0.2, 0) is 11.3 Å². The van der Waals surface area contributed by atoms with Gasteiger partial charge in [-0.25, -0.2) is 9.80 Å². The number of hydrogen-bond donors (Lipinski definition) is 1. The van der Waals surface area contributed by atoms with Crippen molar-refractivity contribution in [1.29, 1.82) is 0 Å². The molecule has 1 unspecified atom stereocenters. The number of methoxy groups -OCH3 is 2. The van der Waals surface area contributed by atoms with Gasteiger partial charge < -0.3 is 14.2 Å². The third-order valence-electron chi connectivity index (χ3n) is 4.75. The summed E-state index contributed by atoms with van der Waals surface area (Å²) >= 11 is 1.12. The van der Waals surface area contributed by atoms with Crippen LogP contribution in [0.5, 0.6) is 11.5 Å². The molecule has 8 nitrogen and oxygen atoms in total. The van der Waals surface area contributed by atoms with Crippen LogP contribution in [-0.4, -0.2) is 48.1 Å². The molecule has 0 spiro atoms. The number of benzene rings is 2. The average molecular weight is 480 g/mol. The minimum Gasteiger partial charge on any atom is -0.493 e. The molecule has 1 N–H and O–H groups in total. The van der Waals surface area contributed by atoms with Crippen LogP contribution in [0.15, 0.2) is 47.6 Å². The molecule has 0 radical (unpaired) electrons. The normalized spacial score (nSPS) is 15.8. The first kappa shape index (κ1) is 24.3. The van der Waals surface area contributed by atoms with E-state index in [-0.39, 0.29) is 28.5 Å². The van der Waals surface area contributed by atoms with E-state index in [1.165, 1.54) is 31.4 Å². The number of nitrogens with zero attached hydrogens (tertiary/aromatic N) is 2. The van der Waals surface area contributed by atoms with Crippen LogP contribution in [0, 0.1) is 0 Å². The summed E-state index contributed by atoms with van der Waals surface area (Å²) in [6.45, 7) is -0.891. The lowest BCUT2D eigenvalue weighted by Crippen LogP contribution is -2.34. The van der Waals surface area contributed by atoms with E-state index in [4.69, 9.17) is 4.74 Å². The Hall–Kier alpha value is -3.34. The number of alkyl halides is 2. The highest BCUT2D eigenvalue weighted by atomic mass is 32.2. The first-order valence-corrected chi connectivity index (χ1v) is 10.9. The first-order chi connectivity index (χ1) is 15.8. The summed E-state index contributed by atoms with van der Waals surface area (Å²) in [7, 11) is 2.64. The van der Waals surface area contributed by atoms with E-state index in [2.05, 4.69) is 19.9 Å². The minimum atomic E-state index is -3.01. The SMILES string of the molecule is CCC1SC(=O)N(Cc2ccc(NC(=O)OC)cc2)N=C1c1ccc(OC)c(OC(F)F)c1. The molecule has 0 fully saturated rings. The van der Waals surface area contributed by atoms with Gasteiger partial charge in [-0.1, -0.05) is 30.8 Å². The average Bonchev–Trinajstić information content (AvgIpc) is 2.80. The number of halogens is 2. The second kappa shape index (κ2) is 11.0. The van der Waals surface area contributed by atoms with Crippen molar-refractivity contribution in [1.82, 2.24) is 5.01 Å². The lowest BCUT2D eigenvalue weighted by atomic mass is 10.0. The molecule has 2 aromatic rings. The maximum atomic E-state index is 12.8. The van der Waals surface area contributed by atoms with E-state index in [1.54, 1.807) is 30.3 Å². The fourth-order valence-electron chi connectivity index (χ4n) is 3.15. The maximum Gasteiger partial charge on any atom is 0.411 e. The highest BCUT2D eigenvalue weighted by Crippen LogP contribution is 2.34. The van der Waals surface area contributed by atoms with Gasteiger partial charge in [0.2, 0.25) is 0 Å². The van der Waals surface area contributed by atoms with Gasteiger partial charge in [0.25, 0.3) is 0 Å². The van der Waals surface area contributed by atoms with Gasteiger partial charge in [0.15, 0.2) is 11.5 Å². The van der Waals surface area contributed by atoms with Crippen LogP contribution in [0.1, 0.15) is 24.5 Å². The predicted molar refractivity (Wildman–Crippen MR) is 121 cm³/mol. The number of thioether (sulfide) groups is 1. The molecule has 1 aliphatic heterocycles. The molecule has 1 aliphatic rings. The predicted octanol–water partition coefficient (Wildman–Crippen LogP) is 5.33. The van der Waals surface area contributed by atoms with Gasteiger partial charge >= 0.3 is 17.9 Å². The number of anilines is 1. The molecule has 0 bridgehead atoms. The highest BCUT2D eigenvalue weighted by molar-refractivity contribution is 8.14. The van der Waals surface area contributed by atoms with Crippen LogP contribution < -0.4 is 14.8 Å². The Morgan fingerprint density at radius 1 is 1.18 bits per heavy atom. The summed E-state index contributed by atoms with van der Waals surface area (Å²) in [6.07, 6.45) is 0.0357. The largest absolute Gasteiger partial charge is 0.493 e. The molecule has 176 valence electrons. The third kappa shape index (κ3) is 6.13. The Balaban J connectivity index is 1.87. The molecule has 0 saturated carbocycles. The molecule has 1 heterocycles. The van der Waals surface area contributed by atoms with Gasteiger partial charge in [-0.05, 0) is 42.3 Å². The van der Waals surface area contributed by atoms with E-state index >= 15 is 0 Å². The minimum absolute atomic E-state index is 0.107. The molecule has 0 saturated heterocycles. The Bertz CT molecular complexity index is 1030. The third-order valence-corrected chi connectivity index (χ3v) is 6.01. The number of amides is 2. The van der Waals surface area contributed by atoms with Crippen molar-refractivity contribution in [2.45, 2.75) is 31.8 Å². The molecular weight excluding hydrogens is 456 g/mol. The molecule has 0 aromatic heterocycles. The zero-order chi connectivity index (χ0) is 24.0. The number of hydrazone groups is 1. The summed E-state index contributed by atoms with van der Waals surface area (Å²) in [5, 5.41) is 7.96. The molecule has 1 atom stereocenters. The smallest absolute Gasteiger partial charge is 0.411 e. The van der Waals surface area contributed by atoms with Gasteiger partial charge in [-0.15, -0.1) is 0 Å². The molecule has 33 heavy (non-hydrogen) atoms. The van der Waals surface area contributed by atoms with Crippen LogP contribution in [0.3, 0.4) is 0 Å². The zero-order valence-corrected chi connectivity index (χ0v) is 19.0. The van der Waals surface area contributed by atoms with E-state index in [0.29, 0.717) is 23.4 Å². The molecule has 11 heteroatoms. The quantitative estimate of drug-likeness (QED) is 0.551. The zero-order valence-electron chi connectivity index (χ0n) is 18.2. The Labute approximate surface area is 193 Å². The summed E-state index contributed by atoms with van der Waals surface area (Å²) < 4.78 is 39.9. The van der Waals surface area contributed by atoms with Gasteiger partial charge in [-0.3, -0.25) is 10.1 Å². The molecular formula is C22H23F2N3O5S. The first-order valence-electron chi connectivity index (χ1n) is 9.98. The van der Waals surface area contributed by atoms with Crippen molar-refractivity contribution in [3.63, 3.8) is 0 Å². The van der Waals surface area contributed by atoms with Crippen molar-refractivity contribution >= 4 is 34.5 Å². The second-order valence-electron chi connectivity index (χ2n) is 6.88. The fraction of sp³-hybridized carbons (Fsp3) is 0.318. The topological polar surface area (TPSA) is 89.5 Å². The summed E-state index contributed by atoms with van der Waals surface area (Å²) in [5.74, 6) is 0.0643. The van der Waals surface area contributed by atoms with E-state index in [0.717, 1.165) is 17.3 Å². The summed E-state index contributed by atoms with van der Waals surface area (Å²) in [6, 6.07) is 11.5. The Morgan fingerprint density at radius 2 is 1.91 bits per heavy atom. The lowest BCUT2D eigenvalue weighted by Gasteiger charge is -2.28. The monoisotopic (exact) mass is 479 g/mol. The standard InChI is InChI=1S/C22H23F2N3O5S/c1-4-18-19(14-7-10-16(30-2)17(11-14)32-20(23)24)26-27(22(29)33-18)12-13-5-8-15(9-6-13)25-21(28)31-3/h5-11,18,20H,4,12H2,1-3H3,(H,25,28). The number of carbonyl (C=O) groups excluding carboxylic acids is 2. The number of carbonyl (C=O) groups is 2. The molecule has 2 amide bonds.